The van der Waals surface area contributed by atoms with Gasteiger partial charge in [0.2, 0.25) is 6.10 Å². The molecule has 0 unspecified atom stereocenters. The van der Waals surface area contributed by atoms with Gasteiger partial charge in [0.25, 0.3) is 0 Å². The van der Waals surface area contributed by atoms with Crippen molar-refractivity contribution in [3.05, 3.63) is 71.8 Å². The molecule has 0 heterocycles. The lowest BCUT2D eigenvalue weighted by Crippen LogP contribution is -2.14. The van der Waals surface area contributed by atoms with Gasteiger partial charge in [-0.25, -0.2) is 0 Å². The predicted octanol–water partition coefficient (Wildman–Crippen LogP) is 5.83. The Labute approximate surface area is 166 Å². The van der Waals surface area contributed by atoms with E-state index in [4.69, 9.17) is 9.47 Å². The third-order valence-corrected chi connectivity index (χ3v) is 5.17. The van der Waals surface area contributed by atoms with Crippen LogP contribution in [0.25, 0.3) is 0 Å². The van der Waals surface area contributed by atoms with Gasteiger partial charge in [0.1, 0.15) is 17.6 Å². The van der Waals surface area contributed by atoms with Crippen LogP contribution in [0.1, 0.15) is 39.4 Å². The SMILES string of the molecule is CC(C)=C[C@H]1[C@@H](C(=O)O[C@H](C#N)c2cccc(Oc3ccccc3)c2)C1(C)C. The van der Waals surface area contributed by atoms with E-state index in [0.717, 1.165) is 0 Å². The maximum absolute atomic E-state index is 12.7. The molecule has 0 radical (unpaired) electrons. The first kappa shape index (κ1) is 19.7. The number of esters is 1. The van der Waals surface area contributed by atoms with Crippen molar-refractivity contribution in [3.63, 3.8) is 0 Å². The van der Waals surface area contributed by atoms with Gasteiger partial charge >= 0.3 is 5.97 Å². The van der Waals surface area contributed by atoms with Crippen LogP contribution in [-0.4, -0.2) is 5.97 Å². The number of hydrogen-bond acceptors (Lipinski definition) is 4. The fourth-order valence-electron chi connectivity index (χ4n) is 3.52. The molecule has 3 atom stereocenters. The van der Waals surface area contributed by atoms with E-state index >= 15 is 0 Å². The Morgan fingerprint density at radius 1 is 1.11 bits per heavy atom. The topological polar surface area (TPSA) is 59.3 Å². The number of nitrogens with zero attached hydrogens (tertiary/aromatic N) is 1. The fraction of sp³-hybridized carbons (Fsp3) is 0.333. The van der Waals surface area contributed by atoms with Gasteiger partial charge in [0, 0.05) is 5.56 Å². The second kappa shape index (κ2) is 7.90. The second-order valence-corrected chi connectivity index (χ2v) is 8.00. The average molecular weight is 375 g/mol. The zero-order valence-corrected chi connectivity index (χ0v) is 16.7. The third kappa shape index (κ3) is 4.26. The van der Waals surface area contributed by atoms with Crippen molar-refractivity contribution in [1.29, 1.82) is 5.26 Å². The molecule has 0 aliphatic heterocycles. The van der Waals surface area contributed by atoms with Gasteiger partial charge in [0.15, 0.2) is 0 Å². The van der Waals surface area contributed by atoms with Crippen molar-refractivity contribution >= 4 is 5.97 Å². The molecular weight excluding hydrogens is 350 g/mol. The Hall–Kier alpha value is -3.06. The Bertz CT molecular complexity index is 920. The highest BCUT2D eigenvalue weighted by Gasteiger charge is 2.61. The maximum atomic E-state index is 12.7. The molecule has 0 saturated heterocycles. The lowest BCUT2D eigenvalue weighted by Gasteiger charge is -2.13. The summed E-state index contributed by atoms with van der Waals surface area (Å²) in [5.41, 5.74) is 1.63. The van der Waals surface area contributed by atoms with Crippen LogP contribution < -0.4 is 4.74 Å². The van der Waals surface area contributed by atoms with E-state index in [1.807, 2.05) is 50.2 Å². The number of nitriles is 1. The summed E-state index contributed by atoms with van der Waals surface area (Å²) in [7, 11) is 0. The highest BCUT2D eigenvalue weighted by Crippen LogP contribution is 2.60. The van der Waals surface area contributed by atoms with Crippen LogP contribution in [0.5, 0.6) is 11.5 Å². The summed E-state index contributed by atoms with van der Waals surface area (Å²) in [5.74, 6) is 0.899. The summed E-state index contributed by atoms with van der Waals surface area (Å²) in [6.45, 7) is 8.15. The number of rotatable bonds is 6. The van der Waals surface area contributed by atoms with Crippen LogP contribution in [-0.2, 0) is 9.53 Å². The summed E-state index contributed by atoms with van der Waals surface area (Å²) in [5, 5.41) is 9.57. The van der Waals surface area contributed by atoms with Gasteiger partial charge < -0.3 is 9.47 Å². The maximum Gasteiger partial charge on any atom is 0.311 e. The Morgan fingerprint density at radius 2 is 1.79 bits per heavy atom. The lowest BCUT2D eigenvalue weighted by molar-refractivity contribution is -0.149. The number of benzene rings is 2. The third-order valence-electron chi connectivity index (χ3n) is 5.17. The standard InChI is InChI=1S/C24H25NO3/c1-16(2)13-20-22(24(20,3)4)23(26)28-21(15-25)17-9-8-12-19(14-17)27-18-10-6-5-7-11-18/h5-14,20-22H,1-4H3/t20-,21+,22-/m0/s1. The molecule has 1 fully saturated rings. The minimum Gasteiger partial charge on any atom is -0.457 e. The van der Waals surface area contributed by atoms with Gasteiger partial charge in [-0.3, -0.25) is 4.79 Å². The van der Waals surface area contributed by atoms with E-state index in [9.17, 15) is 10.1 Å². The Balaban J connectivity index is 1.72. The van der Waals surface area contributed by atoms with Crippen molar-refractivity contribution in [2.24, 2.45) is 17.3 Å². The first-order chi connectivity index (χ1) is 13.3. The molecule has 1 aliphatic rings. The Kier molecular flexibility index (Phi) is 5.56. The molecule has 2 aromatic rings. The number of carbonyl (C=O) groups excluding carboxylic acids is 1. The normalized spacial score (nSPS) is 20.4. The highest BCUT2D eigenvalue weighted by molar-refractivity contribution is 5.78. The minimum atomic E-state index is -0.962. The molecule has 0 bridgehead atoms. The van der Waals surface area contributed by atoms with Gasteiger partial charge in [-0.2, -0.15) is 5.26 Å². The van der Waals surface area contributed by atoms with Crippen LogP contribution in [0.2, 0.25) is 0 Å². The monoisotopic (exact) mass is 375 g/mol. The minimum absolute atomic E-state index is 0.146. The van der Waals surface area contributed by atoms with Gasteiger partial charge in [0.05, 0.1) is 5.92 Å². The molecule has 3 rings (SSSR count). The van der Waals surface area contributed by atoms with Crippen LogP contribution in [0, 0.1) is 28.6 Å². The summed E-state index contributed by atoms with van der Waals surface area (Å²) >= 11 is 0. The molecule has 0 N–H and O–H groups in total. The summed E-state index contributed by atoms with van der Waals surface area (Å²) in [6.07, 6.45) is 1.15. The van der Waals surface area contributed by atoms with Gasteiger partial charge in [-0.05, 0) is 49.4 Å². The number of allylic oxidation sites excluding steroid dienone is 2. The first-order valence-electron chi connectivity index (χ1n) is 9.41. The van der Waals surface area contributed by atoms with Gasteiger partial charge in [-0.15, -0.1) is 0 Å². The summed E-state index contributed by atoms with van der Waals surface area (Å²) in [6, 6.07) is 18.6. The molecule has 0 aromatic heterocycles. The number of para-hydroxylation sites is 1. The number of hydrogen-bond donors (Lipinski definition) is 0. The van der Waals surface area contributed by atoms with E-state index < -0.39 is 6.10 Å². The van der Waals surface area contributed by atoms with Crippen molar-refractivity contribution < 1.29 is 14.3 Å². The molecule has 2 aromatic carbocycles. The second-order valence-electron chi connectivity index (χ2n) is 8.00. The molecule has 1 aliphatic carbocycles. The molecule has 4 heteroatoms. The van der Waals surface area contributed by atoms with Crippen molar-refractivity contribution in [2.75, 3.05) is 0 Å². The lowest BCUT2D eigenvalue weighted by atomic mass is 10.1. The van der Waals surface area contributed by atoms with Crippen LogP contribution in [0.15, 0.2) is 66.2 Å². The van der Waals surface area contributed by atoms with Crippen molar-refractivity contribution in [3.8, 4) is 17.6 Å². The van der Waals surface area contributed by atoms with Crippen molar-refractivity contribution in [1.82, 2.24) is 0 Å². The van der Waals surface area contributed by atoms with Gasteiger partial charge in [-0.1, -0.05) is 55.8 Å². The molecule has 144 valence electrons. The molecule has 0 amide bonds. The van der Waals surface area contributed by atoms with Crippen LogP contribution in [0.3, 0.4) is 0 Å². The summed E-state index contributed by atoms with van der Waals surface area (Å²) in [4.78, 5) is 12.7. The molecule has 4 nitrogen and oxygen atoms in total. The van der Waals surface area contributed by atoms with E-state index in [1.165, 1.54) is 5.57 Å². The van der Waals surface area contributed by atoms with E-state index in [1.54, 1.807) is 18.2 Å². The van der Waals surface area contributed by atoms with Crippen LogP contribution >= 0.6 is 0 Å². The largest absolute Gasteiger partial charge is 0.457 e. The quantitative estimate of drug-likeness (QED) is 0.471. The average Bonchev–Trinajstić information content (AvgIpc) is 3.20. The van der Waals surface area contributed by atoms with E-state index in [2.05, 4.69) is 26.0 Å². The predicted molar refractivity (Wildman–Crippen MR) is 108 cm³/mol. The molecule has 28 heavy (non-hydrogen) atoms. The fourth-order valence-corrected chi connectivity index (χ4v) is 3.52. The van der Waals surface area contributed by atoms with E-state index in [0.29, 0.717) is 17.1 Å². The Morgan fingerprint density at radius 3 is 2.43 bits per heavy atom. The molecular formula is C24H25NO3. The number of carbonyl (C=O) groups is 1. The first-order valence-corrected chi connectivity index (χ1v) is 9.41. The van der Waals surface area contributed by atoms with Crippen molar-refractivity contribution in [2.45, 2.75) is 33.8 Å². The summed E-state index contributed by atoms with van der Waals surface area (Å²) < 4.78 is 11.4. The highest BCUT2D eigenvalue weighted by atomic mass is 16.5. The smallest absolute Gasteiger partial charge is 0.311 e. The number of ether oxygens (including phenoxy) is 2. The van der Waals surface area contributed by atoms with E-state index in [-0.39, 0.29) is 23.2 Å². The zero-order chi connectivity index (χ0) is 20.3. The molecule has 1 saturated carbocycles. The zero-order valence-electron chi connectivity index (χ0n) is 16.7. The van der Waals surface area contributed by atoms with Crippen LogP contribution in [0.4, 0.5) is 0 Å². The molecule has 0 spiro atoms.